The standard InChI is InChI=1S/C23H29N3O2/c1-18(12-13-19-8-4-2-5-9-19)24-23(28)26-16-14-21(15-17-26)25-22(27)20-10-6-3-7-11-20/h2-11,18,21H,12-17H2,1H3,(H,24,28)(H,25,27)/t18-/m1/s1. The van der Waals surface area contributed by atoms with Crippen molar-refractivity contribution in [3.8, 4) is 0 Å². The average molecular weight is 380 g/mol. The Balaban J connectivity index is 1.38. The van der Waals surface area contributed by atoms with Gasteiger partial charge in [0, 0.05) is 30.7 Å². The van der Waals surface area contributed by atoms with Gasteiger partial charge in [-0.3, -0.25) is 4.79 Å². The molecule has 2 N–H and O–H groups in total. The van der Waals surface area contributed by atoms with E-state index in [1.165, 1.54) is 5.56 Å². The van der Waals surface area contributed by atoms with Crippen molar-refractivity contribution in [1.82, 2.24) is 15.5 Å². The highest BCUT2D eigenvalue weighted by Gasteiger charge is 2.24. The van der Waals surface area contributed by atoms with Crippen molar-refractivity contribution >= 4 is 11.9 Å². The van der Waals surface area contributed by atoms with E-state index in [-0.39, 0.29) is 24.0 Å². The summed E-state index contributed by atoms with van der Waals surface area (Å²) < 4.78 is 0. The minimum Gasteiger partial charge on any atom is -0.349 e. The molecular weight excluding hydrogens is 350 g/mol. The maximum atomic E-state index is 12.5. The first-order valence-corrected chi connectivity index (χ1v) is 10.1. The number of hydrogen-bond donors (Lipinski definition) is 2. The van der Waals surface area contributed by atoms with Crippen molar-refractivity contribution < 1.29 is 9.59 Å². The molecule has 0 aliphatic carbocycles. The molecule has 2 aromatic carbocycles. The third kappa shape index (κ3) is 5.84. The Labute approximate surface area is 167 Å². The fourth-order valence-corrected chi connectivity index (χ4v) is 3.49. The van der Waals surface area contributed by atoms with Crippen molar-refractivity contribution in [2.45, 2.75) is 44.7 Å². The molecule has 0 radical (unpaired) electrons. The van der Waals surface area contributed by atoms with Crippen molar-refractivity contribution in [3.05, 3.63) is 71.8 Å². The molecule has 1 fully saturated rings. The number of aryl methyl sites for hydroxylation is 1. The minimum atomic E-state index is -0.0435. The van der Waals surface area contributed by atoms with Crippen molar-refractivity contribution in [2.75, 3.05) is 13.1 Å². The van der Waals surface area contributed by atoms with Crippen molar-refractivity contribution in [2.24, 2.45) is 0 Å². The zero-order valence-electron chi connectivity index (χ0n) is 16.4. The van der Waals surface area contributed by atoms with Gasteiger partial charge in [-0.15, -0.1) is 0 Å². The number of benzene rings is 2. The summed E-state index contributed by atoms with van der Waals surface area (Å²) in [5.41, 5.74) is 1.97. The SMILES string of the molecule is C[C@H](CCc1ccccc1)NC(=O)N1CCC(NC(=O)c2ccccc2)CC1. The molecular formula is C23H29N3O2. The number of rotatable bonds is 6. The molecule has 0 spiro atoms. The Bertz CT molecular complexity index is 756. The minimum absolute atomic E-state index is 0.00611. The first-order chi connectivity index (χ1) is 13.6. The van der Waals surface area contributed by atoms with Crippen LogP contribution in [0.15, 0.2) is 60.7 Å². The first kappa shape index (κ1) is 19.9. The molecule has 1 aliphatic heterocycles. The van der Waals surface area contributed by atoms with Crippen LogP contribution in [0.25, 0.3) is 0 Å². The number of piperidine rings is 1. The molecule has 3 amide bonds. The lowest BCUT2D eigenvalue weighted by molar-refractivity contribution is 0.0917. The summed E-state index contributed by atoms with van der Waals surface area (Å²) in [6.45, 7) is 3.38. The fraction of sp³-hybridized carbons (Fsp3) is 0.391. The summed E-state index contributed by atoms with van der Waals surface area (Å²) in [6, 6.07) is 19.8. The highest BCUT2D eigenvalue weighted by Crippen LogP contribution is 2.12. The number of urea groups is 1. The molecule has 3 rings (SSSR count). The molecule has 5 nitrogen and oxygen atoms in total. The van der Waals surface area contributed by atoms with E-state index in [0.29, 0.717) is 18.7 Å². The predicted molar refractivity (Wildman–Crippen MR) is 111 cm³/mol. The summed E-state index contributed by atoms with van der Waals surface area (Å²) in [7, 11) is 0. The lowest BCUT2D eigenvalue weighted by atomic mass is 10.0. The second kappa shape index (κ2) is 9.93. The van der Waals surface area contributed by atoms with Gasteiger partial charge in [0.25, 0.3) is 5.91 Å². The van der Waals surface area contributed by atoms with Crippen LogP contribution in [-0.2, 0) is 6.42 Å². The highest BCUT2D eigenvalue weighted by atomic mass is 16.2. The van der Waals surface area contributed by atoms with E-state index < -0.39 is 0 Å². The molecule has 1 atom stereocenters. The van der Waals surface area contributed by atoms with Crippen LogP contribution < -0.4 is 10.6 Å². The molecule has 0 bridgehead atoms. The lowest BCUT2D eigenvalue weighted by Crippen LogP contribution is -2.51. The molecule has 1 heterocycles. The molecule has 0 saturated carbocycles. The molecule has 1 saturated heterocycles. The van der Waals surface area contributed by atoms with Gasteiger partial charge >= 0.3 is 6.03 Å². The Morgan fingerprint density at radius 1 is 1.00 bits per heavy atom. The maximum Gasteiger partial charge on any atom is 0.317 e. The first-order valence-electron chi connectivity index (χ1n) is 10.1. The number of carbonyl (C=O) groups excluding carboxylic acids is 2. The van der Waals surface area contributed by atoms with Crippen LogP contribution in [0.3, 0.4) is 0 Å². The van der Waals surface area contributed by atoms with E-state index >= 15 is 0 Å². The van der Waals surface area contributed by atoms with Gasteiger partial charge in [0.1, 0.15) is 0 Å². The van der Waals surface area contributed by atoms with Gasteiger partial charge in [0.05, 0.1) is 0 Å². The second-order valence-electron chi connectivity index (χ2n) is 7.48. The van der Waals surface area contributed by atoms with Crippen molar-refractivity contribution in [1.29, 1.82) is 0 Å². The van der Waals surface area contributed by atoms with E-state index in [9.17, 15) is 9.59 Å². The molecule has 1 aliphatic rings. The lowest BCUT2D eigenvalue weighted by Gasteiger charge is -2.33. The van der Waals surface area contributed by atoms with Gasteiger partial charge < -0.3 is 15.5 Å². The van der Waals surface area contributed by atoms with Gasteiger partial charge in [-0.25, -0.2) is 4.79 Å². The number of hydrogen-bond acceptors (Lipinski definition) is 2. The Kier molecular flexibility index (Phi) is 7.06. The van der Waals surface area contributed by atoms with Crippen LogP contribution in [0.2, 0.25) is 0 Å². The topological polar surface area (TPSA) is 61.4 Å². The Hall–Kier alpha value is -2.82. The summed E-state index contributed by atoms with van der Waals surface area (Å²) in [4.78, 5) is 26.6. The highest BCUT2D eigenvalue weighted by molar-refractivity contribution is 5.94. The zero-order chi connectivity index (χ0) is 19.8. The molecule has 0 aromatic heterocycles. The number of amides is 3. The zero-order valence-corrected chi connectivity index (χ0v) is 16.4. The summed E-state index contributed by atoms with van der Waals surface area (Å²) in [6.07, 6.45) is 3.43. The van der Waals surface area contributed by atoms with E-state index in [0.717, 1.165) is 25.7 Å². The van der Waals surface area contributed by atoms with Crippen LogP contribution in [0, 0.1) is 0 Å². The summed E-state index contributed by atoms with van der Waals surface area (Å²) >= 11 is 0. The van der Waals surface area contributed by atoms with Gasteiger partial charge in [0.2, 0.25) is 0 Å². The van der Waals surface area contributed by atoms with Gasteiger partial charge in [-0.2, -0.15) is 0 Å². The largest absolute Gasteiger partial charge is 0.349 e. The molecule has 148 valence electrons. The summed E-state index contributed by atoms with van der Waals surface area (Å²) in [5.74, 6) is -0.0435. The number of carbonyl (C=O) groups is 2. The van der Waals surface area contributed by atoms with Crippen LogP contribution in [-0.4, -0.2) is 42.0 Å². The Morgan fingerprint density at radius 2 is 1.61 bits per heavy atom. The second-order valence-corrected chi connectivity index (χ2v) is 7.48. The van der Waals surface area contributed by atoms with Crippen LogP contribution in [0.4, 0.5) is 4.79 Å². The van der Waals surface area contributed by atoms with E-state index in [1.54, 1.807) is 0 Å². The Morgan fingerprint density at radius 3 is 2.25 bits per heavy atom. The molecule has 5 heteroatoms. The molecule has 28 heavy (non-hydrogen) atoms. The van der Waals surface area contributed by atoms with Crippen molar-refractivity contribution in [3.63, 3.8) is 0 Å². The molecule has 2 aromatic rings. The fourth-order valence-electron chi connectivity index (χ4n) is 3.49. The van der Waals surface area contributed by atoms with Crippen LogP contribution in [0.5, 0.6) is 0 Å². The van der Waals surface area contributed by atoms with Crippen LogP contribution in [0.1, 0.15) is 42.1 Å². The van der Waals surface area contributed by atoms with Gasteiger partial charge in [-0.05, 0) is 50.3 Å². The molecule has 0 unspecified atom stereocenters. The van der Waals surface area contributed by atoms with Gasteiger partial charge in [-0.1, -0.05) is 48.5 Å². The normalized spacial score (nSPS) is 15.7. The van der Waals surface area contributed by atoms with Crippen LogP contribution >= 0.6 is 0 Å². The van der Waals surface area contributed by atoms with E-state index in [2.05, 4.69) is 22.8 Å². The number of nitrogens with zero attached hydrogens (tertiary/aromatic N) is 1. The van der Waals surface area contributed by atoms with Gasteiger partial charge in [0.15, 0.2) is 0 Å². The smallest absolute Gasteiger partial charge is 0.317 e. The third-order valence-electron chi connectivity index (χ3n) is 5.23. The number of nitrogens with one attached hydrogen (secondary N) is 2. The predicted octanol–water partition coefficient (Wildman–Crippen LogP) is 3.61. The third-order valence-corrected chi connectivity index (χ3v) is 5.23. The van der Waals surface area contributed by atoms with E-state index in [4.69, 9.17) is 0 Å². The summed E-state index contributed by atoms with van der Waals surface area (Å²) in [5, 5.41) is 6.18. The number of likely N-dealkylation sites (tertiary alicyclic amines) is 1. The monoisotopic (exact) mass is 379 g/mol. The average Bonchev–Trinajstić information content (AvgIpc) is 2.74. The van der Waals surface area contributed by atoms with E-state index in [1.807, 2.05) is 60.4 Å². The maximum absolute atomic E-state index is 12.5. The quantitative estimate of drug-likeness (QED) is 0.805.